The molecule has 82 valence electrons. The lowest BCUT2D eigenvalue weighted by Gasteiger charge is -2.08. The van der Waals surface area contributed by atoms with Crippen molar-refractivity contribution in [3.63, 3.8) is 0 Å². The zero-order valence-electron chi connectivity index (χ0n) is 8.45. The van der Waals surface area contributed by atoms with E-state index in [0.29, 0.717) is 15.6 Å². The van der Waals surface area contributed by atoms with Gasteiger partial charge in [0.15, 0.2) is 0 Å². The molecule has 2 aromatic carbocycles. The summed E-state index contributed by atoms with van der Waals surface area (Å²) in [5.74, 6) is 0. The second-order valence-electron chi connectivity index (χ2n) is 3.44. The van der Waals surface area contributed by atoms with Gasteiger partial charge in [-0.15, -0.1) is 0 Å². The molecule has 0 atom stereocenters. The molecule has 0 aliphatic heterocycles. The smallest absolute Gasteiger partial charge is 0.0711 e. The fraction of sp³-hybridized carbons (Fsp3) is 0.0769. The van der Waals surface area contributed by atoms with Crippen molar-refractivity contribution < 1.29 is 5.11 Å². The largest absolute Gasteiger partial charge is 0.392 e. The third-order valence-corrected chi connectivity index (χ3v) is 3.08. The highest BCUT2D eigenvalue weighted by atomic mass is 35.5. The van der Waals surface area contributed by atoms with E-state index in [1.54, 1.807) is 0 Å². The Kier molecular flexibility index (Phi) is 3.49. The van der Waals surface area contributed by atoms with Crippen LogP contribution in [0.4, 0.5) is 0 Å². The Bertz CT molecular complexity index is 472. The van der Waals surface area contributed by atoms with Gasteiger partial charge in [0.1, 0.15) is 0 Å². The molecule has 2 aromatic rings. The molecule has 2 rings (SSSR count). The monoisotopic (exact) mass is 252 g/mol. The van der Waals surface area contributed by atoms with Crippen LogP contribution in [0.5, 0.6) is 0 Å². The van der Waals surface area contributed by atoms with E-state index in [1.807, 2.05) is 42.5 Å². The zero-order chi connectivity index (χ0) is 11.5. The molecule has 1 N–H and O–H groups in total. The summed E-state index contributed by atoms with van der Waals surface area (Å²) in [5, 5.41) is 10.1. The van der Waals surface area contributed by atoms with E-state index in [9.17, 15) is 0 Å². The first-order valence-electron chi connectivity index (χ1n) is 4.86. The van der Waals surface area contributed by atoms with Gasteiger partial charge in [0.2, 0.25) is 0 Å². The fourth-order valence-electron chi connectivity index (χ4n) is 1.55. The fourth-order valence-corrected chi connectivity index (χ4v) is 2.16. The van der Waals surface area contributed by atoms with E-state index in [4.69, 9.17) is 28.3 Å². The van der Waals surface area contributed by atoms with Crippen LogP contribution in [0.3, 0.4) is 0 Å². The van der Waals surface area contributed by atoms with Crippen molar-refractivity contribution in [1.82, 2.24) is 0 Å². The summed E-state index contributed by atoms with van der Waals surface area (Å²) in [7, 11) is 0. The molecule has 16 heavy (non-hydrogen) atoms. The maximum absolute atomic E-state index is 9.09. The van der Waals surface area contributed by atoms with Gasteiger partial charge >= 0.3 is 0 Å². The molecule has 0 aliphatic carbocycles. The van der Waals surface area contributed by atoms with Crippen molar-refractivity contribution >= 4 is 23.2 Å². The first-order valence-corrected chi connectivity index (χ1v) is 5.62. The van der Waals surface area contributed by atoms with Crippen molar-refractivity contribution in [3.05, 3.63) is 58.1 Å². The number of hydrogen-bond acceptors (Lipinski definition) is 1. The van der Waals surface area contributed by atoms with E-state index in [1.165, 1.54) is 0 Å². The molecule has 0 unspecified atom stereocenters. The molecular formula is C13H10Cl2O. The molecule has 0 saturated heterocycles. The van der Waals surface area contributed by atoms with Gasteiger partial charge in [-0.25, -0.2) is 0 Å². The third kappa shape index (κ3) is 2.22. The van der Waals surface area contributed by atoms with Crippen molar-refractivity contribution in [1.29, 1.82) is 0 Å². The Hall–Kier alpha value is -1.02. The lowest BCUT2D eigenvalue weighted by atomic mass is 10.0. The van der Waals surface area contributed by atoms with E-state index in [0.717, 1.165) is 11.1 Å². The van der Waals surface area contributed by atoms with Gasteiger partial charge in [-0.2, -0.15) is 0 Å². The van der Waals surface area contributed by atoms with Gasteiger partial charge in [-0.1, -0.05) is 53.5 Å². The highest BCUT2D eigenvalue weighted by Crippen LogP contribution is 2.31. The van der Waals surface area contributed by atoms with Crippen molar-refractivity contribution in [2.75, 3.05) is 0 Å². The van der Waals surface area contributed by atoms with Crippen LogP contribution in [0.1, 0.15) is 5.56 Å². The summed E-state index contributed by atoms with van der Waals surface area (Å²) in [4.78, 5) is 0. The normalized spacial score (nSPS) is 10.4. The first-order chi connectivity index (χ1) is 7.72. The lowest BCUT2D eigenvalue weighted by molar-refractivity contribution is 0.282. The number of hydrogen-bond donors (Lipinski definition) is 1. The molecule has 0 heterocycles. The van der Waals surface area contributed by atoms with Gasteiger partial charge in [-0.3, -0.25) is 0 Å². The second kappa shape index (κ2) is 4.88. The first kappa shape index (κ1) is 11.5. The van der Waals surface area contributed by atoms with Crippen LogP contribution in [-0.4, -0.2) is 5.11 Å². The lowest BCUT2D eigenvalue weighted by Crippen LogP contribution is -1.88. The maximum atomic E-state index is 9.09. The van der Waals surface area contributed by atoms with Crippen molar-refractivity contribution in [2.24, 2.45) is 0 Å². The Morgan fingerprint density at radius 2 is 1.44 bits per heavy atom. The van der Waals surface area contributed by atoms with Gasteiger partial charge in [-0.05, 0) is 23.3 Å². The summed E-state index contributed by atoms with van der Waals surface area (Å²) in [6, 6.07) is 13.5. The SMILES string of the molecule is OCc1c(Cl)cc(-c2ccccc2)cc1Cl. The highest BCUT2D eigenvalue weighted by molar-refractivity contribution is 6.36. The average Bonchev–Trinajstić information content (AvgIpc) is 2.30. The summed E-state index contributed by atoms with van der Waals surface area (Å²) in [6.45, 7) is -0.146. The number of benzene rings is 2. The molecule has 0 radical (unpaired) electrons. The molecule has 0 saturated carbocycles. The van der Waals surface area contributed by atoms with Crippen molar-refractivity contribution in [3.8, 4) is 11.1 Å². The Labute approximate surface area is 104 Å². The van der Waals surface area contributed by atoms with Gasteiger partial charge in [0, 0.05) is 15.6 Å². The molecule has 0 aliphatic rings. The quantitative estimate of drug-likeness (QED) is 0.852. The molecular weight excluding hydrogens is 243 g/mol. The van der Waals surface area contributed by atoms with Crippen LogP contribution in [0, 0.1) is 0 Å². The topological polar surface area (TPSA) is 20.2 Å². The highest BCUT2D eigenvalue weighted by Gasteiger charge is 2.08. The number of aliphatic hydroxyl groups is 1. The summed E-state index contributed by atoms with van der Waals surface area (Å²) in [5.41, 5.74) is 2.58. The molecule has 1 nitrogen and oxygen atoms in total. The summed E-state index contributed by atoms with van der Waals surface area (Å²) >= 11 is 12.1. The van der Waals surface area contributed by atoms with Crippen LogP contribution < -0.4 is 0 Å². The van der Waals surface area contributed by atoms with E-state index < -0.39 is 0 Å². The zero-order valence-corrected chi connectivity index (χ0v) is 9.96. The van der Waals surface area contributed by atoms with Crippen molar-refractivity contribution in [2.45, 2.75) is 6.61 Å². The van der Waals surface area contributed by atoms with E-state index in [2.05, 4.69) is 0 Å². The maximum Gasteiger partial charge on any atom is 0.0711 e. The second-order valence-corrected chi connectivity index (χ2v) is 4.26. The third-order valence-electron chi connectivity index (χ3n) is 2.41. The predicted molar refractivity (Wildman–Crippen MR) is 67.8 cm³/mol. The predicted octanol–water partition coefficient (Wildman–Crippen LogP) is 4.15. The molecule has 0 spiro atoms. The number of aliphatic hydroxyl groups excluding tert-OH is 1. The molecule has 3 heteroatoms. The van der Waals surface area contributed by atoms with Crippen LogP contribution in [0.15, 0.2) is 42.5 Å². The Morgan fingerprint density at radius 3 is 1.94 bits per heavy atom. The Balaban J connectivity index is 2.53. The van der Waals surface area contributed by atoms with Crippen LogP contribution in [0.2, 0.25) is 10.0 Å². The molecule has 0 bridgehead atoms. The molecule has 0 amide bonds. The van der Waals surface area contributed by atoms with Gasteiger partial charge < -0.3 is 5.11 Å². The minimum absolute atomic E-state index is 0.146. The molecule has 0 fully saturated rings. The van der Waals surface area contributed by atoms with Crippen LogP contribution >= 0.6 is 23.2 Å². The summed E-state index contributed by atoms with van der Waals surface area (Å²) in [6.07, 6.45) is 0. The van der Waals surface area contributed by atoms with Crippen LogP contribution in [0.25, 0.3) is 11.1 Å². The van der Waals surface area contributed by atoms with Gasteiger partial charge in [0.05, 0.1) is 6.61 Å². The standard InChI is InChI=1S/C13H10Cl2O/c14-12-6-10(7-13(15)11(12)8-16)9-4-2-1-3-5-9/h1-7,16H,8H2. The van der Waals surface area contributed by atoms with E-state index in [-0.39, 0.29) is 6.61 Å². The Morgan fingerprint density at radius 1 is 0.875 bits per heavy atom. The van der Waals surface area contributed by atoms with E-state index >= 15 is 0 Å². The van der Waals surface area contributed by atoms with Crippen LogP contribution in [-0.2, 0) is 6.61 Å². The van der Waals surface area contributed by atoms with Gasteiger partial charge in [0.25, 0.3) is 0 Å². The minimum Gasteiger partial charge on any atom is -0.392 e. The number of rotatable bonds is 2. The summed E-state index contributed by atoms with van der Waals surface area (Å²) < 4.78 is 0. The number of halogens is 2. The molecule has 0 aromatic heterocycles. The minimum atomic E-state index is -0.146. The average molecular weight is 253 g/mol.